The molecule has 0 saturated carbocycles. The summed E-state index contributed by atoms with van der Waals surface area (Å²) in [4.78, 5) is 19.3. The zero-order chi connectivity index (χ0) is 23.5. The van der Waals surface area contributed by atoms with E-state index in [2.05, 4.69) is 15.2 Å². The van der Waals surface area contributed by atoms with Gasteiger partial charge in [-0.1, -0.05) is 24.3 Å². The fourth-order valence-electron chi connectivity index (χ4n) is 3.83. The Morgan fingerprint density at radius 3 is 2.76 bits per heavy atom. The first kappa shape index (κ1) is 22.4. The lowest BCUT2D eigenvalue weighted by Crippen LogP contribution is -2.30. The van der Waals surface area contributed by atoms with E-state index in [0.717, 1.165) is 5.56 Å². The standard InChI is InChI=1S/C25H24F2N4O2/c1-4-33-24-20(16-6-5-7-18(27)12-16)10-11-22(29-24)25(32)31(3)15(2)19-9-8-17(13-26)21-14-28-30-23(19)21/h5-12,14-15H,4,13H2,1-3H3,(H,28,30)/t15-/m0/s1. The lowest BCUT2D eigenvalue weighted by atomic mass is 10.0. The number of benzene rings is 2. The monoisotopic (exact) mass is 450 g/mol. The first-order chi connectivity index (χ1) is 15.9. The minimum atomic E-state index is -0.596. The van der Waals surface area contributed by atoms with E-state index in [4.69, 9.17) is 4.74 Å². The fourth-order valence-corrected chi connectivity index (χ4v) is 3.83. The lowest BCUT2D eigenvalue weighted by Gasteiger charge is -2.26. The first-order valence-electron chi connectivity index (χ1n) is 10.6. The molecular formula is C25H24F2N4O2. The minimum Gasteiger partial charge on any atom is -0.478 e. The Balaban J connectivity index is 1.66. The van der Waals surface area contributed by atoms with Gasteiger partial charge in [-0.3, -0.25) is 9.89 Å². The molecule has 170 valence electrons. The van der Waals surface area contributed by atoms with Crippen LogP contribution >= 0.6 is 0 Å². The van der Waals surface area contributed by atoms with Crippen molar-refractivity contribution in [2.45, 2.75) is 26.6 Å². The van der Waals surface area contributed by atoms with E-state index in [1.807, 2.05) is 13.8 Å². The predicted octanol–water partition coefficient (Wildman–Crippen LogP) is 5.47. The number of amides is 1. The van der Waals surface area contributed by atoms with Crippen molar-refractivity contribution in [2.75, 3.05) is 13.7 Å². The molecule has 0 aliphatic heterocycles. The number of aromatic nitrogens is 3. The van der Waals surface area contributed by atoms with Crippen LogP contribution < -0.4 is 4.74 Å². The number of rotatable bonds is 7. The predicted molar refractivity (Wildman–Crippen MR) is 122 cm³/mol. The molecule has 1 atom stereocenters. The van der Waals surface area contributed by atoms with Crippen LogP contribution in [0.4, 0.5) is 8.78 Å². The number of nitrogens with zero attached hydrogens (tertiary/aromatic N) is 3. The maximum absolute atomic E-state index is 13.7. The molecule has 1 N–H and O–H groups in total. The van der Waals surface area contributed by atoms with Crippen LogP contribution in [0.25, 0.3) is 22.0 Å². The van der Waals surface area contributed by atoms with Crippen molar-refractivity contribution >= 4 is 16.8 Å². The quantitative estimate of drug-likeness (QED) is 0.406. The van der Waals surface area contributed by atoms with Crippen LogP contribution in [-0.4, -0.2) is 39.6 Å². The number of aromatic amines is 1. The second-order valence-electron chi connectivity index (χ2n) is 7.69. The number of carbonyl (C=O) groups excluding carboxylic acids is 1. The molecule has 0 bridgehead atoms. The Labute approximate surface area is 190 Å². The van der Waals surface area contributed by atoms with Gasteiger partial charge in [0.25, 0.3) is 5.91 Å². The highest BCUT2D eigenvalue weighted by Crippen LogP contribution is 2.32. The average Bonchev–Trinajstić information content (AvgIpc) is 3.32. The van der Waals surface area contributed by atoms with Crippen molar-refractivity contribution in [1.29, 1.82) is 0 Å². The van der Waals surface area contributed by atoms with Gasteiger partial charge in [-0.05, 0) is 49.2 Å². The van der Waals surface area contributed by atoms with E-state index in [9.17, 15) is 13.6 Å². The number of nitrogens with one attached hydrogen (secondary N) is 1. The van der Waals surface area contributed by atoms with Crippen LogP contribution in [0.15, 0.2) is 54.7 Å². The number of pyridine rings is 1. The summed E-state index contributed by atoms with van der Waals surface area (Å²) in [5.41, 5.74) is 3.47. The third-order valence-electron chi connectivity index (χ3n) is 5.73. The van der Waals surface area contributed by atoms with Crippen LogP contribution in [0.2, 0.25) is 0 Å². The maximum atomic E-state index is 13.7. The highest BCUT2D eigenvalue weighted by atomic mass is 19.1. The van der Waals surface area contributed by atoms with Crippen LogP contribution in [-0.2, 0) is 6.67 Å². The van der Waals surface area contributed by atoms with Crippen LogP contribution in [0.5, 0.6) is 5.88 Å². The van der Waals surface area contributed by atoms with Crippen LogP contribution in [0.3, 0.4) is 0 Å². The molecule has 4 rings (SSSR count). The summed E-state index contributed by atoms with van der Waals surface area (Å²) >= 11 is 0. The van der Waals surface area contributed by atoms with Gasteiger partial charge in [0.15, 0.2) is 0 Å². The molecule has 2 heterocycles. The van der Waals surface area contributed by atoms with Gasteiger partial charge in [0.1, 0.15) is 18.2 Å². The molecule has 0 aliphatic rings. The van der Waals surface area contributed by atoms with Gasteiger partial charge in [0.2, 0.25) is 5.88 Å². The average molecular weight is 450 g/mol. The van der Waals surface area contributed by atoms with Gasteiger partial charge >= 0.3 is 0 Å². The van der Waals surface area contributed by atoms with Crippen molar-refractivity contribution in [3.63, 3.8) is 0 Å². The van der Waals surface area contributed by atoms with Crippen molar-refractivity contribution < 1.29 is 18.3 Å². The molecule has 0 aliphatic carbocycles. The molecule has 1 amide bonds. The molecule has 2 aromatic carbocycles. The molecule has 2 aromatic heterocycles. The van der Waals surface area contributed by atoms with Crippen molar-refractivity contribution in [2.24, 2.45) is 0 Å². The summed E-state index contributed by atoms with van der Waals surface area (Å²) in [6.07, 6.45) is 1.59. The Morgan fingerprint density at radius 2 is 2.03 bits per heavy atom. The highest BCUT2D eigenvalue weighted by Gasteiger charge is 2.24. The van der Waals surface area contributed by atoms with E-state index < -0.39 is 6.67 Å². The third-order valence-corrected chi connectivity index (χ3v) is 5.73. The number of halogens is 2. The molecule has 0 radical (unpaired) electrons. The Morgan fingerprint density at radius 1 is 1.21 bits per heavy atom. The summed E-state index contributed by atoms with van der Waals surface area (Å²) in [7, 11) is 1.68. The SMILES string of the molecule is CCOc1nc(C(=O)N(C)[C@@H](C)c2ccc(CF)c3cn[nH]c23)ccc1-c1cccc(F)c1. The molecule has 0 spiro atoms. The maximum Gasteiger partial charge on any atom is 0.272 e. The minimum absolute atomic E-state index is 0.203. The zero-order valence-electron chi connectivity index (χ0n) is 18.6. The van der Waals surface area contributed by atoms with E-state index >= 15 is 0 Å². The molecule has 0 saturated heterocycles. The second kappa shape index (κ2) is 9.36. The van der Waals surface area contributed by atoms with Crippen LogP contribution in [0, 0.1) is 5.82 Å². The van der Waals surface area contributed by atoms with Gasteiger partial charge < -0.3 is 9.64 Å². The number of fused-ring (bicyclic) bond motifs is 1. The molecule has 8 heteroatoms. The summed E-state index contributed by atoms with van der Waals surface area (Å²) in [5.74, 6) is -0.415. The normalized spacial score (nSPS) is 12.0. The van der Waals surface area contributed by atoms with Crippen molar-refractivity contribution in [1.82, 2.24) is 20.1 Å². The van der Waals surface area contributed by atoms with Crippen molar-refractivity contribution in [3.05, 3.63) is 77.4 Å². The summed E-state index contributed by atoms with van der Waals surface area (Å²) in [5, 5.41) is 7.65. The van der Waals surface area contributed by atoms with E-state index in [1.54, 1.807) is 54.5 Å². The molecule has 4 aromatic rings. The third kappa shape index (κ3) is 4.28. The van der Waals surface area contributed by atoms with Gasteiger partial charge in [-0.15, -0.1) is 0 Å². The van der Waals surface area contributed by atoms with Gasteiger partial charge in [-0.25, -0.2) is 13.8 Å². The summed E-state index contributed by atoms with van der Waals surface area (Å²) in [6, 6.07) is 12.6. The number of alkyl halides is 1. The van der Waals surface area contributed by atoms with Gasteiger partial charge in [-0.2, -0.15) is 5.10 Å². The smallest absolute Gasteiger partial charge is 0.272 e. The Hall–Kier alpha value is -3.81. The highest BCUT2D eigenvalue weighted by molar-refractivity contribution is 5.94. The van der Waals surface area contributed by atoms with Gasteiger partial charge in [0, 0.05) is 23.6 Å². The topological polar surface area (TPSA) is 71.1 Å². The number of ether oxygens (including phenoxy) is 1. The lowest BCUT2D eigenvalue weighted by molar-refractivity contribution is 0.0736. The largest absolute Gasteiger partial charge is 0.478 e. The number of hydrogen-bond acceptors (Lipinski definition) is 4. The zero-order valence-corrected chi connectivity index (χ0v) is 18.6. The van der Waals surface area contributed by atoms with E-state index in [0.29, 0.717) is 34.2 Å². The van der Waals surface area contributed by atoms with Crippen molar-refractivity contribution in [3.8, 4) is 17.0 Å². The summed E-state index contributed by atoms with van der Waals surface area (Å²) < 4.78 is 32.7. The Kier molecular flexibility index (Phi) is 6.35. The molecule has 0 fully saturated rings. The number of carbonyl (C=O) groups is 1. The summed E-state index contributed by atoms with van der Waals surface area (Å²) in [6.45, 7) is 3.45. The number of H-pyrrole nitrogens is 1. The molecule has 0 unspecified atom stereocenters. The van der Waals surface area contributed by atoms with Gasteiger partial charge in [0.05, 0.1) is 24.4 Å². The molecule has 33 heavy (non-hydrogen) atoms. The van der Waals surface area contributed by atoms with E-state index in [1.165, 1.54) is 12.1 Å². The molecule has 6 nitrogen and oxygen atoms in total. The molecular weight excluding hydrogens is 426 g/mol. The second-order valence-corrected chi connectivity index (χ2v) is 7.69. The Bertz CT molecular complexity index is 1300. The van der Waals surface area contributed by atoms with Crippen LogP contribution in [0.1, 0.15) is 41.5 Å². The first-order valence-corrected chi connectivity index (χ1v) is 10.6. The van der Waals surface area contributed by atoms with E-state index in [-0.39, 0.29) is 29.3 Å². The number of hydrogen-bond donors (Lipinski definition) is 1. The fraction of sp³-hybridized carbons (Fsp3) is 0.240.